The number of nitrogens with two attached hydrogens (primary N) is 1. The Morgan fingerprint density at radius 3 is 2.94 bits per heavy atom. The molecule has 4 heterocycles. The third-order valence-electron chi connectivity index (χ3n) is 5.66. The van der Waals surface area contributed by atoms with Crippen LogP contribution < -0.4 is 21.1 Å². The molecule has 2 aliphatic heterocycles. The molecule has 2 aromatic heterocycles. The van der Waals surface area contributed by atoms with Gasteiger partial charge in [-0.25, -0.2) is 19.2 Å². The van der Waals surface area contributed by atoms with Crippen molar-refractivity contribution in [3.05, 3.63) is 35.9 Å². The number of anilines is 3. The zero-order valence-electron chi connectivity index (χ0n) is 17.7. The fourth-order valence-corrected chi connectivity index (χ4v) is 3.95. The molecular formula is C22H21F2N5O4. The highest BCUT2D eigenvalue weighted by Gasteiger charge is 2.25. The Morgan fingerprint density at radius 1 is 1.30 bits per heavy atom. The Balaban J connectivity index is 1.50. The molecule has 3 aromatic rings. The van der Waals surface area contributed by atoms with Gasteiger partial charge >= 0.3 is 6.09 Å². The maximum absolute atomic E-state index is 15.2. The first-order valence-corrected chi connectivity index (χ1v) is 10.4. The van der Waals surface area contributed by atoms with Crippen molar-refractivity contribution in [2.24, 2.45) is 0 Å². The summed E-state index contributed by atoms with van der Waals surface area (Å²) >= 11 is 0. The number of nitrogens with zero attached hydrogens (tertiary/aromatic N) is 2. The quantitative estimate of drug-likeness (QED) is 0.509. The number of nitrogens with one attached hydrogen (secondary N) is 2. The van der Waals surface area contributed by atoms with E-state index >= 15 is 4.39 Å². The van der Waals surface area contributed by atoms with Crippen LogP contribution in [-0.2, 0) is 9.47 Å². The van der Waals surface area contributed by atoms with Crippen LogP contribution in [0, 0.1) is 12.7 Å². The maximum atomic E-state index is 15.2. The van der Waals surface area contributed by atoms with Gasteiger partial charge in [-0.2, -0.15) is 4.39 Å². The molecule has 4 N–H and O–H groups in total. The van der Waals surface area contributed by atoms with Gasteiger partial charge in [0.05, 0.1) is 25.4 Å². The van der Waals surface area contributed by atoms with Crippen LogP contribution in [-0.4, -0.2) is 48.3 Å². The van der Waals surface area contributed by atoms with Gasteiger partial charge in [-0.15, -0.1) is 0 Å². The van der Waals surface area contributed by atoms with Gasteiger partial charge in [-0.05, 0) is 30.0 Å². The van der Waals surface area contributed by atoms with Crippen LogP contribution in [0.1, 0.15) is 12.0 Å². The molecule has 0 aliphatic carbocycles. The summed E-state index contributed by atoms with van der Waals surface area (Å²) < 4.78 is 44.3. The zero-order chi connectivity index (χ0) is 23.1. The molecule has 0 radical (unpaired) electrons. The number of nitrogen functional groups attached to an aromatic ring is 1. The number of halogens is 2. The van der Waals surface area contributed by atoms with Gasteiger partial charge in [0, 0.05) is 35.3 Å². The summed E-state index contributed by atoms with van der Waals surface area (Å²) in [6, 6.07) is 3.18. The van der Waals surface area contributed by atoms with Crippen molar-refractivity contribution in [2.45, 2.75) is 25.8 Å². The number of ether oxygens (including phenoxy) is 3. The summed E-state index contributed by atoms with van der Waals surface area (Å²) in [7, 11) is 0. The van der Waals surface area contributed by atoms with Crippen molar-refractivity contribution in [2.75, 3.05) is 36.1 Å². The van der Waals surface area contributed by atoms with Gasteiger partial charge < -0.3 is 25.3 Å². The summed E-state index contributed by atoms with van der Waals surface area (Å²) in [5.74, 6) is -0.283. The SMILES string of the molecule is Cc1c(-c2cc3cc(NC(=O)O[C@H]4CCOC4)ncc3c(N)c2F)cnc2c1NCC(F)O2. The van der Waals surface area contributed by atoms with Crippen molar-refractivity contribution in [1.29, 1.82) is 0 Å². The fraction of sp³-hybridized carbons (Fsp3) is 0.318. The van der Waals surface area contributed by atoms with Crippen LogP contribution in [0.25, 0.3) is 21.9 Å². The molecule has 11 heteroatoms. The topological polar surface area (TPSA) is 121 Å². The zero-order valence-corrected chi connectivity index (χ0v) is 17.7. The Hall–Kier alpha value is -3.73. The van der Waals surface area contributed by atoms with Crippen molar-refractivity contribution in [1.82, 2.24) is 9.97 Å². The minimum Gasteiger partial charge on any atom is -0.443 e. The summed E-state index contributed by atoms with van der Waals surface area (Å²) in [6.07, 6.45) is 0.984. The lowest BCUT2D eigenvalue weighted by Gasteiger charge is -2.24. The van der Waals surface area contributed by atoms with Crippen LogP contribution in [0.15, 0.2) is 24.5 Å². The van der Waals surface area contributed by atoms with E-state index in [9.17, 15) is 9.18 Å². The number of benzene rings is 1. The third-order valence-corrected chi connectivity index (χ3v) is 5.66. The highest BCUT2D eigenvalue weighted by Crippen LogP contribution is 2.40. The van der Waals surface area contributed by atoms with E-state index in [1.807, 2.05) is 0 Å². The van der Waals surface area contributed by atoms with E-state index in [1.165, 1.54) is 12.4 Å². The normalized spacial score (nSPS) is 19.5. The first-order valence-electron chi connectivity index (χ1n) is 10.4. The number of hydrogen-bond donors (Lipinski definition) is 3. The van der Waals surface area contributed by atoms with Gasteiger partial charge in [-0.3, -0.25) is 5.32 Å². The number of aromatic nitrogens is 2. The van der Waals surface area contributed by atoms with Gasteiger partial charge in [0.25, 0.3) is 6.36 Å². The lowest BCUT2D eigenvalue weighted by atomic mass is 9.97. The van der Waals surface area contributed by atoms with E-state index in [2.05, 4.69) is 20.6 Å². The van der Waals surface area contributed by atoms with E-state index in [4.69, 9.17) is 19.9 Å². The number of hydrogen-bond acceptors (Lipinski definition) is 8. The number of alkyl halides is 1. The predicted octanol–water partition coefficient (Wildman–Crippen LogP) is 3.76. The Kier molecular flexibility index (Phi) is 5.33. The highest BCUT2D eigenvalue weighted by molar-refractivity contribution is 5.99. The molecule has 1 unspecified atom stereocenters. The van der Waals surface area contributed by atoms with Crippen LogP contribution in [0.3, 0.4) is 0 Å². The molecule has 33 heavy (non-hydrogen) atoms. The molecule has 1 saturated heterocycles. The van der Waals surface area contributed by atoms with E-state index in [-0.39, 0.29) is 35.6 Å². The van der Waals surface area contributed by atoms with Gasteiger partial charge in [0.1, 0.15) is 17.6 Å². The monoisotopic (exact) mass is 457 g/mol. The number of amides is 1. The van der Waals surface area contributed by atoms with E-state index < -0.39 is 18.3 Å². The lowest BCUT2D eigenvalue weighted by molar-refractivity contribution is 0.0688. The van der Waals surface area contributed by atoms with E-state index in [0.717, 1.165) is 0 Å². The lowest BCUT2D eigenvalue weighted by Crippen LogP contribution is -2.27. The molecule has 9 nitrogen and oxygen atoms in total. The Bertz CT molecular complexity index is 1250. The number of fused-ring (bicyclic) bond motifs is 2. The molecule has 1 fully saturated rings. The first kappa shape index (κ1) is 21.1. The second kappa shape index (κ2) is 8.32. The van der Waals surface area contributed by atoms with Gasteiger partial charge in [0.15, 0.2) is 5.82 Å². The highest BCUT2D eigenvalue weighted by atomic mass is 19.1. The van der Waals surface area contributed by atoms with E-state index in [1.54, 1.807) is 19.1 Å². The third kappa shape index (κ3) is 3.95. The summed E-state index contributed by atoms with van der Waals surface area (Å²) in [6.45, 7) is 2.63. The molecule has 1 aromatic carbocycles. The molecule has 172 valence electrons. The Labute approximate surface area is 187 Å². The predicted molar refractivity (Wildman–Crippen MR) is 117 cm³/mol. The molecule has 0 saturated carbocycles. The molecule has 2 aliphatic rings. The van der Waals surface area contributed by atoms with Crippen molar-refractivity contribution >= 4 is 34.1 Å². The fourth-order valence-electron chi connectivity index (χ4n) is 3.95. The largest absolute Gasteiger partial charge is 0.443 e. The molecule has 0 spiro atoms. The smallest absolute Gasteiger partial charge is 0.413 e. The summed E-state index contributed by atoms with van der Waals surface area (Å²) in [5.41, 5.74) is 7.80. The van der Waals surface area contributed by atoms with Gasteiger partial charge in [-0.1, -0.05) is 0 Å². The summed E-state index contributed by atoms with van der Waals surface area (Å²) in [5, 5.41) is 6.45. The van der Waals surface area contributed by atoms with Gasteiger partial charge in [0.2, 0.25) is 5.88 Å². The van der Waals surface area contributed by atoms with Crippen molar-refractivity contribution in [3.8, 4) is 17.0 Å². The van der Waals surface area contributed by atoms with Crippen LogP contribution in [0.4, 0.5) is 30.8 Å². The van der Waals surface area contributed by atoms with Crippen molar-refractivity contribution < 1.29 is 27.8 Å². The second-order valence-electron chi connectivity index (χ2n) is 7.84. The minimum atomic E-state index is -1.50. The number of carbonyl (C=O) groups excluding carboxylic acids is 1. The Morgan fingerprint density at radius 2 is 2.15 bits per heavy atom. The van der Waals surface area contributed by atoms with Crippen LogP contribution >= 0.6 is 0 Å². The maximum Gasteiger partial charge on any atom is 0.413 e. The molecule has 0 bridgehead atoms. The molecule has 5 rings (SSSR count). The first-order chi connectivity index (χ1) is 15.9. The second-order valence-corrected chi connectivity index (χ2v) is 7.84. The molecular weight excluding hydrogens is 436 g/mol. The number of rotatable bonds is 3. The van der Waals surface area contributed by atoms with Crippen LogP contribution in [0.5, 0.6) is 5.88 Å². The van der Waals surface area contributed by atoms with Crippen molar-refractivity contribution in [3.63, 3.8) is 0 Å². The summed E-state index contributed by atoms with van der Waals surface area (Å²) in [4.78, 5) is 20.4. The average Bonchev–Trinajstić information content (AvgIpc) is 3.29. The number of pyridine rings is 2. The molecule has 1 amide bonds. The van der Waals surface area contributed by atoms with Crippen LogP contribution in [0.2, 0.25) is 0 Å². The molecule has 2 atom stereocenters. The number of carbonyl (C=O) groups is 1. The average molecular weight is 457 g/mol. The standard InChI is InChI=1S/C22H21F2N5O4/c1-10-14(6-28-21-20(10)27-8-16(23)33-21)13-4-11-5-17(26-7-15(11)19(25)18(13)24)29-22(30)32-12-2-3-31-9-12/h4-7,12,16,27H,2-3,8-9,25H2,1H3,(H,26,29,30)/t12-,16?/m0/s1. The minimum absolute atomic E-state index is 0.0366. The van der Waals surface area contributed by atoms with E-state index in [0.29, 0.717) is 47.2 Å².